The number of aryl methyl sites for hydroxylation is 1. The molecule has 1 heterocycles. The monoisotopic (exact) mass is 258 g/mol. The van der Waals surface area contributed by atoms with E-state index < -0.39 is 17.8 Å². The number of carbonyl (C=O) groups excluding carboxylic acids is 1. The average Bonchev–Trinajstić information content (AvgIpc) is 2.55. The lowest BCUT2D eigenvalue weighted by Gasteiger charge is -2.17. The van der Waals surface area contributed by atoms with Crippen molar-refractivity contribution in [3.63, 3.8) is 0 Å². The molecule has 98 valence electrons. The fourth-order valence-electron chi connectivity index (χ4n) is 2.21. The molecule has 1 aromatic rings. The van der Waals surface area contributed by atoms with Gasteiger partial charge in [-0.3, -0.25) is 4.79 Å². The van der Waals surface area contributed by atoms with Gasteiger partial charge in [-0.15, -0.1) is 0 Å². The van der Waals surface area contributed by atoms with Crippen molar-refractivity contribution in [3.8, 4) is 0 Å². The van der Waals surface area contributed by atoms with Crippen molar-refractivity contribution in [1.82, 2.24) is 0 Å². The Morgan fingerprint density at radius 1 is 1.28 bits per heavy atom. The van der Waals surface area contributed by atoms with Crippen LogP contribution in [-0.2, 0) is 15.7 Å². The van der Waals surface area contributed by atoms with Crippen LogP contribution in [0.2, 0.25) is 0 Å². The van der Waals surface area contributed by atoms with Gasteiger partial charge in [0.05, 0.1) is 12.0 Å². The Balaban J connectivity index is 2.40. The average molecular weight is 258 g/mol. The van der Waals surface area contributed by atoms with Crippen molar-refractivity contribution in [2.75, 3.05) is 0 Å². The minimum absolute atomic E-state index is 0.0969. The molecule has 2 rings (SSSR count). The first kappa shape index (κ1) is 12.9. The van der Waals surface area contributed by atoms with Gasteiger partial charge in [0, 0.05) is 5.92 Å². The Kier molecular flexibility index (Phi) is 3.09. The van der Waals surface area contributed by atoms with Gasteiger partial charge in [-0.05, 0) is 24.6 Å². The third-order valence-electron chi connectivity index (χ3n) is 3.02. The molecule has 0 bridgehead atoms. The molecule has 2 atom stereocenters. The normalized spacial score (nSPS) is 24.2. The highest BCUT2D eigenvalue weighted by Gasteiger charge is 2.36. The highest BCUT2D eigenvalue weighted by molar-refractivity contribution is 5.72. The van der Waals surface area contributed by atoms with Gasteiger partial charge in [0.1, 0.15) is 6.10 Å². The predicted octanol–water partition coefficient (Wildman–Crippen LogP) is 3.64. The smallest absolute Gasteiger partial charge is 0.416 e. The third-order valence-corrected chi connectivity index (χ3v) is 3.02. The van der Waals surface area contributed by atoms with E-state index in [0.29, 0.717) is 11.1 Å². The molecule has 1 aromatic carbocycles. The number of halogens is 3. The molecule has 18 heavy (non-hydrogen) atoms. The van der Waals surface area contributed by atoms with Crippen LogP contribution < -0.4 is 0 Å². The van der Waals surface area contributed by atoms with Crippen molar-refractivity contribution in [2.45, 2.75) is 32.5 Å². The van der Waals surface area contributed by atoms with Crippen LogP contribution in [0, 0.1) is 12.8 Å². The maximum absolute atomic E-state index is 12.7. The van der Waals surface area contributed by atoms with Crippen LogP contribution in [0.4, 0.5) is 13.2 Å². The number of hydrogen-bond acceptors (Lipinski definition) is 2. The Labute approximate surface area is 103 Å². The molecule has 5 heteroatoms. The van der Waals surface area contributed by atoms with Crippen LogP contribution in [0.1, 0.15) is 36.1 Å². The molecular formula is C13H13F3O2. The van der Waals surface area contributed by atoms with Gasteiger partial charge in [0.2, 0.25) is 0 Å². The largest absolute Gasteiger partial charge is 0.457 e. The second-order valence-corrected chi connectivity index (χ2v) is 4.72. The number of carbonyl (C=O) groups is 1. The summed E-state index contributed by atoms with van der Waals surface area (Å²) in [5.41, 5.74) is 0.225. The molecule has 0 aromatic heterocycles. The molecule has 0 spiro atoms. The lowest BCUT2D eigenvalue weighted by molar-refractivity contribution is -0.141. The Morgan fingerprint density at radius 3 is 2.44 bits per heavy atom. The van der Waals surface area contributed by atoms with E-state index in [4.69, 9.17) is 4.74 Å². The minimum Gasteiger partial charge on any atom is -0.457 e. The molecule has 1 aliphatic heterocycles. The van der Waals surface area contributed by atoms with Crippen LogP contribution in [0.15, 0.2) is 18.2 Å². The van der Waals surface area contributed by atoms with E-state index in [0.717, 1.165) is 12.1 Å². The second-order valence-electron chi connectivity index (χ2n) is 4.72. The number of esters is 1. The first-order valence-electron chi connectivity index (χ1n) is 5.65. The van der Waals surface area contributed by atoms with Gasteiger partial charge in [0.15, 0.2) is 0 Å². The molecule has 0 aliphatic carbocycles. The highest BCUT2D eigenvalue weighted by Crippen LogP contribution is 2.38. The third kappa shape index (κ3) is 2.49. The summed E-state index contributed by atoms with van der Waals surface area (Å²) < 4.78 is 43.2. The van der Waals surface area contributed by atoms with E-state index in [-0.39, 0.29) is 18.3 Å². The van der Waals surface area contributed by atoms with Crippen molar-refractivity contribution >= 4 is 5.97 Å². The first-order chi connectivity index (χ1) is 8.27. The van der Waals surface area contributed by atoms with Gasteiger partial charge in [-0.2, -0.15) is 13.2 Å². The van der Waals surface area contributed by atoms with Crippen molar-refractivity contribution in [2.24, 2.45) is 5.92 Å². The summed E-state index contributed by atoms with van der Waals surface area (Å²) in [5, 5.41) is 0. The van der Waals surface area contributed by atoms with Crippen LogP contribution in [0.25, 0.3) is 0 Å². The van der Waals surface area contributed by atoms with E-state index in [1.54, 1.807) is 19.9 Å². The molecular weight excluding hydrogens is 245 g/mol. The molecule has 0 radical (unpaired) electrons. The quantitative estimate of drug-likeness (QED) is 0.719. The number of rotatable bonds is 1. The summed E-state index contributed by atoms with van der Waals surface area (Å²) in [6.07, 6.45) is -4.70. The summed E-state index contributed by atoms with van der Waals surface area (Å²) in [7, 11) is 0. The van der Waals surface area contributed by atoms with Gasteiger partial charge in [0.25, 0.3) is 0 Å². The molecule has 2 nitrogen and oxygen atoms in total. The lowest BCUT2D eigenvalue weighted by Crippen LogP contribution is -2.10. The molecule has 1 aliphatic rings. The fourth-order valence-corrected chi connectivity index (χ4v) is 2.21. The van der Waals surface area contributed by atoms with Gasteiger partial charge < -0.3 is 4.74 Å². The summed E-state index contributed by atoms with van der Waals surface area (Å²) in [6.45, 7) is 3.39. The topological polar surface area (TPSA) is 26.3 Å². The lowest BCUT2D eigenvalue weighted by atomic mass is 9.94. The van der Waals surface area contributed by atoms with Gasteiger partial charge in [-0.1, -0.05) is 18.6 Å². The van der Waals surface area contributed by atoms with Crippen molar-refractivity contribution in [1.29, 1.82) is 0 Å². The molecule has 0 amide bonds. The first-order valence-corrected chi connectivity index (χ1v) is 5.65. The highest BCUT2D eigenvalue weighted by atomic mass is 19.4. The van der Waals surface area contributed by atoms with Gasteiger partial charge >= 0.3 is 12.1 Å². The second kappa shape index (κ2) is 4.30. The van der Waals surface area contributed by atoms with Gasteiger partial charge in [-0.25, -0.2) is 0 Å². The number of ether oxygens (including phenoxy) is 1. The molecule has 1 fully saturated rings. The molecule has 0 unspecified atom stereocenters. The molecule has 0 saturated carbocycles. The number of benzene rings is 1. The Hall–Kier alpha value is -1.52. The van der Waals surface area contributed by atoms with Crippen LogP contribution >= 0.6 is 0 Å². The van der Waals surface area contributed by atoms with E-state index in [1.807, 2.05) is 0 Å². The van der Waals surface area contributed by atoms with E-state index >= 15 is 0 Å². The summed E-state index contributed by atoms with van der Waals surface area (Å²) in [4.78, 5) is 11.2. The van der Waals surface area contributed by atoms with E-state index in [9.17, 15) is 18.0 Å². The van der Waals surface area contributed by atoms with Crippen LogP contribution in [0.3, 0.4) is 0 Å². The maximum Gasteiger partial charge on any atom is 0.416 e. The van der Waals surface area contributed by atoms with Crippen LogP contribution in [-0.4, -0.2) is 5.97 Å². The molecule has 1 saturated heterocycles. The molecule has 0 N–H and O–H groups in total. The standard InChI is InChI=1S/C13H13F3O2/c1-7-3-9(6-10(4-7)13(14,15)16)12-8(2)5-11(17)18-12/h3-4,6,8,12H,5H2,1-2H3/t8-,12+/m1/s1. The Bertz CT molecular complexity index is 480. The van der Waals surface area contributed by atoms with E-state index in [2.05, 4.69) is 0 Å². The maximum atomic E-state index is 12.7. The fraction of sp³-hybridized carbons (Fsp3) is 0.462. The minimum atomic E-state index is -4.38. The summed E-state index contributed by atoms with van der Waals surface area (Å²) >= 11 is 0. The van der Waals surface area contributed by atoms with Crippen molar-refractivity contribution in [3.05, 3.63) is 34.9 Å². The zero-order valence-electron chi connectivity index (χ0n) is 10.0. The Morgan fingerprint density at radius 2 is 1.94 bits per heavy atom. The summed E-state index contributed by atoms with van der Waals surface area (Å²) in [5.74, 6) is -0.456. The number of hydrogen-bond donors (Lipinski definition) is 0. The number of alkyl halides is 3. The van der Waals surface area contributed by atoms with Crippen molar-refractivity contribution < 1.29 is 22.7 Å². The SMILES string of the molecule is Cc1cc([C@H]2OC(=O)C[C@H]2C)cc(C(F)(F)F)c1. The van der Waals surface area contributed by atoms with Crippen LogP contribution in [0.5, 0.6) is 0 Å². The zero-order chi connectivity index (χ0) is 13.5. The van der Waals surface area contributed by atoms with E-state index in [1.165, 1.54) is 0 Å². The zero-order valence-corrected chi connectivity index (χ0v) is 10.0. The predicted molar refractivity (Wildman–Crippen MR) is 58.8 cm³/mol. The number of cyclic esters (lactones) is 1. The summed E-state index contributed by atoms with van der Waals surface area (Å²) in [6, 6.07) is 3.78.